The second-order valence-corrected chi connectivity index (χ2v) is 8.13. The van der Waals surface area contributed by atoms with Crippen molar-refractivity contribution in [2.24, 2.45) is 5.92 Å². The molecule has 1 amide bonds. The highest BCUT2D eigenvalue weighted by atomic mass is 19.1. The Kier molecular flexibility index (Phi) is 5.31. The number of halogens is 1. The molecule has 4 rings (SSSR count). The predicted octanol–water partition coefficient (Wildman–Crippen LogP) is 4.47. The van der Waals surface area contributed by atoms with E-state index in [1.807, 2.05) is 26.0 Å². The molecule has 0 fully saturated rings. The Morgan fingerprint density at radius 2 is 2.10 bits per heavy atom. The molecule has 0 saturated heterocycles. The van der Waals surface area contributed by atoms with Gasteiger partial charge in [-0.05, 0) is 60.7 Å². The lowest BCUT2D eigenvalue weighted by molar-refractivity contribution is -0.124. The number of fused-ring (bicyclic) bond motifs is 3. The maximum Gasteiger partial charge on any atom is 0.222 e. The third-order valence-corrected chi connectivity index (χ3v) is 5.77. The Labute approximate surface area is 170 Å². The van der Waals surface area contributed by atoms with Crippen molar-refractivity contribution in [2.45, 2.75) is 45.7 Å². The van der Waals surface area contributed by atoms with Crippen molar-refractivity contribution in [2.75, 3.05) is 7.11 Å². The van der Waals surface area contributed by atoms with Crippen LogP contribution in [0.15, 0.2) is 42.5 Å². The second kappa shape index (κ2) is 7.90. The summed E-state index contributed by atoms with van der Waals surface area (Å²) >= 11 is 0. The first-order valence-electron chi connectivity index (χ1n) is 10.2. The average Bonchev–Trinajstić information content (AvgIpc) is 3.00. The summed E-state index contributed by atoms with van der Waals surface area (Å²) in [6.45, 7) is 4.46. The van der Waals surface area contributed by atoms with E-state index >= 15 is 0 Å². The maximum atomic E-state index is 13.7. The van der Waals surface area contributed by atoms with Gasteiger partial charge in [-0.15, -0.1) is 0 Å². The number of hydrogen-bond donors (Lipinski definition) is 1. The smallest absolute Gasteiger partial charge is 0.222 e. The Morgan fingerprint density at radius 3 is 2.83 bits per heavy atom. The van der Waals surface area contributed by atoms with Gasteiger partial charge in [0.1, 0.15) is 11.6 Å². The number of nitrogens with zero attached hydrogens (tertiary/aromatic N) is 1. The Balaban J connectivity index is 1.75. The van der Waals surface area contributed by atoms with Crippen molar-refractivity contribution in [3.05, 3.63) is 65.1 Å². The SMILES string of the molecule is COc1ccc2c(c1)c1c(n2Cc2cccc(F)c2)CCC(NC(=O)C(C)C)C1. The van der Waals surface area contributed by atoms with Crippen LogP contribution in [0.1, 0.15) is 37.1 Å². The number of amides is 1. The minimum atomic E-state index is -0.217. The molecule has 0 radical (unpaired) electrons. The lowest BCUT2D eigenvalue weighted by atomic mass is 9.91. The van der Waals surface area contributed by atoms with E-state index in [0.717, 1.165) is 41.5 Å². The zero-order valence-electron chi connectivity index (χ0n) is 17.2. The number of carbonyl (C=O) groups excluding carboxylic acids is 1. The summed E-state index contributed by atoms with van der Waals surface area (Å²) in [6.07, 6.45) is 2.58. The van der Waals surface area contributed by atoms with E-state index in [1.165, 1.54) is 17.3 Å². The van der Waals surface area contributed by atoms with Gasteiger partial charge in [-0.1, -0.05) is 26.0 Å². The van der Waals surface area contributed by atoms with Crippen LogP contribution in [0.2, 0.25) is 0 Å². The quantitative estimate of drug-likeness (QED) is 0.694. The number of benzene rings is 2. The molecule has 4 nitrogen and oxygen atoms in total. The van der Waals surface area contributed by atoms with Gasteiger partial charge in [-0.3, -0.25) is 4.79 Å². The molecule has 2 aromatic carbocycles. The van der Waals surface area contributed by atoms with Gasteiger partial charge < -0.3 is 14.6 Å². The summed E-state index contributed by atoms with van der Waals surface area (Å²) in [5.74, 6) is 0.674. The van der Waals surface area contributed by atoms with E-state index in [-0.39, 0.29) is 23.7 Å². The van der Waals surface area contributed by atoms with Crippen molar-refractivity contribution in [1.29, 1.82) is 0 Å². The molecule has 1 aliphatic rings. The van der Waals surface area contributed by atoms with Crippen molar-refractivity contribution < 1.29 is 13.9 Å². The fourth-order valence-electron chi connectivity index (χ4n) is 4.25. The van der Waals surface area contributed by atoms with Gasteiger partial charge in [0, 0.05) is 35.1 Å². The fraction of sp³-hybridized carbons (Fsp3) is 0.375. The fourth-order valence-corrected chi connectivity index (χ4v) is 4.25. The molecule has 1 atom stereocenters. The first kappa shape index (κ1) is 19.5. The number of methoxy groups -OCH3 is 1. The highest BCUT2D eigenvalue weighted by molar-refractivity contribution is 5.87. The molecule has 5 heteroatoms. The van der Waals surface area contributed by atoms with Crippen LogP contribution < -0.4 is 10.1 Å². The van der Waals surface area contributed by atoms with Crippen LogP contribution >= 0.6 is 0 Å². The van der Waals surface area contributed by atoms with Crippen LogP contribution in [0.3, 0.4) is 0 Å². The molecule has 3 aromatic rings. The molecule has 0 bridgehead atoms. The number of nitrogens with one attached hydrogen (secondary N) is 1. The molecule has 1 aromatic heterocycles. The van der Waals surface area contributed by atoms with E-state index in [1.54, 1.807) is 19.2 Å². The standard InChI is InChI=1S/C24H27FN2O2/c1-15(2)24(28)26-18-7-9-22-20(12-18)21-13-19(29-3)8-10-23(21)27(22)14-16-5-4-6-17(25)11-16/h4-6,8,10-11,13,15,18H,7,9,12,14H2,1-3H3,(H,26,28). The van der Waals surface area contributed by atoms with E-state index in [2.05, 4.69) is 22.0 Å². The van der Waals surface area contributed by atoms with Crippen LogP contribution in [0, 0.1) is 11.7 Å². The van der Waals surface area contributed by atoms with Gasteiger partial charge in [-0.25, -0.2) is 4.39 Å². The summed E-state index contributed by atoms with van der Waals surface area (Å²) < 4.78 is 21.5. The molecular weight excluding hydrogens is 367 g/mol. The molecule has 1 heterocycles. The zero-order chi connectivity index (χ0) is 20.5. The van der Waals surface area contributed by atoms with Crippen LogP contribution in [0.25, 0.3) is 10.9 Å². The first-order chi connectivity index (χ1) is 14.0. The van der Waals surface area contributed by atoms with E-state index in [0.29, 0.717) is 6.54 Å². The Morgan fingerprint density at radius 1 is 1.28 bits per heavy atom. The van der Waals surface area contributed by atoms with Crippen LogP contribution in [0.4, 0.5) is 4.39 Å². The summed E-state index contributed by atoms with van der Waals surface area (Å²) in [6, 6.07) is 13.0. The molecule has 1 unspecified atom stereocenters. The highest BCUT2D eigenvalue weighted by Crippen LogP contribution is 2.35. The van der Waals surface area contributed by atoms with Crippen molar-refractivity contribution >= 4 is 16.8 Å². The van der Waals surface area contributed by atoms with Crippen LogP contribution in [-0.2, 0) is 24.2 Å². The third-order valence-electron chi connectivity index (χ3n) is 5.77. The predicted molar refractivity (Wildman–Crippen MR) is 113 cm³/mol. The molecule has 0 aliphatic heterocycles. The normalized spacial score (nSPS) is 16.1. The number of ether oxygens (including phenoxy) is 1. The topological polar surface area (TPSA) is 43.3 Å². The minimum Gasteiger partial charge on any atom is -0.497 e. The van der Waals surface area contributed by atoms with Crippen molar-refractivity contribution in [1.82, 2.24) is 9.88 Å². The number of aromatic nitrogens is 1. The average molecular weight is 394 g/mol. The van der Waals surface area contributed by atoms with Crippen molar-refractivity contribution in [3.63, 3.8) is 0 Å². The van der Waals surface area contributed by atoms with Gasteiger partial charge in [0.05, 0.1) is 7.11 Å². The number of hydrogen-bond acceptors (Lipinski definition) is 2. The van der Waals surface area contributed by atoms with Gasteiger partial charge in [0.15, 0.2) is 0 Å². The third kappa shape index (κ3) is 3.86. The lowest BCUT2D eigenvalue weighted by Gasteiger charge is -2.26. The molecule has 0 spiro atoms. The summed E-state index contributed by atoms with van der Waals surface area (Å²) in [5.41, 5.74) is 4.59. The summed E-state index contributed by atoms with van der Waals surface area (Å²) in [5, 5.41) is 4.34. The Bertz CT molecular complexity index is 1050. The van der Waals surface area contributed by atoms with Gasteiger partial charge in [-0.2, -0.15) is 0 Å². The number of rotatable bonds is 5. The molecular formula is C24H27FN2O2. The Hall–Kier alpha value is -2.82. The van der Waals surface area contributed by atoms with E-state index in [4.69, 9.17) is 4.74 Å². The van der Waals surface area contributed by atoms with Gasteiger partial charge >= 0.3 is 0 Å². The molecule has 0 saturated carbocycles. The molecule has 29 heavy (non-hydrogen) atoms. The summed E-state index contributed by atoms with van der Waals surface area (Å²) in [4.78, 5) is 12.2. The van der Waals surface area contributed by atoms with Crippen molar-refractivity contribution in [3.8, 4) is 5.75 Å². The second-order valence-electron chi connectivity index (χ2n) is 8.13. The first-order valence-corrected chi connectivity index (χ1v) is 10.2. The maximum absolute atomic E-state index is 13.7. The lowest BCUT2D eigenvalue weighted by Crippen LogP contribution is -2.41. The molecule has 1 aliphatic carbocycles. The molecule has 1 N–H and O–H groups in total. The highest BCUT2D eigenvalue weighted by Gasteiger charge is 2.27. The minimum absolute atomic E-state index is 0.0224. The number of carbonyl (C=O) groups is 1. The van der Waals surface area contributed by atoms with E-state index < -0.39 is 0 Å². The van der Waals surface area contributed by atoms with E-state index in [9.17, 15) is 9.18 Å². The van der Waals surface area contributed by atoms with Gasteiger partial charge in [0.2, 0.25) is 5.91 Å². The monoisotopic (exact) mass is 394 g/mol. The largest absolute Gasteiger partial charge is 0.497 e. The molecule has 152 valence electrons. The summed E-state index contributed by atoms with van der Waals surface area (Å²) in [7, 11) is 1.67. The zero-order valence-corrected chi connectivity index (χ0v) is 17.2. The van der Waals surface area contributed by atoms with Crippen LogP contribution in [-0.4, -0.2) is 23.6 Å². The van der Waals surface area contributed by atoms with Crippen LogP contribution in [0.5, 0.6) is 5.75 Å². The van der Waals surface area contributed by atoms with Gasteiger partial charge in [0.25, 0.3) is 0 Å².